The molecule has 7 nitrogen and oxygen atoms in total. The molecule has 1 aromatic carbocycles. The molecule has 0 aliphatic carbocycles. The quantitative estimate of drug-likeness (QED) is 0.215. The maximum absolute atomic E-state index is 12.2. The van der Waals surface area contributed by atoms with Crippen molar-refractivity contribution >= 4 is 45.7 Å². The summed E-state index contributed by atoms with van der Waals surface area (Å²) in [5.74, 6) is 0.378. The predicted molar refractivity (Wildman–Crippen MR) is 120 cm³/mol. The molecule has 1 rings (SSSR count). The number of amides is 1. The van der Waals surface area contributed by atoms with Crippen molar-refractivity contribution in [2.45, 2.75) is 44.6 Å². The van der Waals surface area contributed by atoms with Gasteiger partial charge in [-0.15, -0.1) is 24.0 Å². The number of nitrogens with one attached hydrogen (secondary N) is 3. The molecule has 0 heterocycles. The topological polar surface area (TPSA) is 99.7 Å². The van der Waals surface area contributed by atoms with Gasteiger partial charge in [0.05, 0.1) is 10.6 Å². The van der Waals surface area contributed by atoms with Gasteiger partial charge in [0.2, 0.25) is 5.91 Å². The van der Waals surface area contributed by atoms with Crippen LogP contribution in [0.3, 0.4) is 0 Å². The van der Waals surface area contributed by atoms with Gasteiger partial charge in [0.1, 0.15) is 6.54 Å². The molecule has 0 bridgehead atoms. The van der Waals surface area contributed by atoms with Crippen LogP contribution in [0.2, 0.25) is 0 Å². The zero-order chi connectivity index (χ0) is 19.6. The number of hydrogen-bond donors (Lipinski definition) is 3. The van der Waals surface area contributed by atoms with Crippen molar-refractivity contribution < 1.29 is 13.2 Å². The summed E-state index contributed by atoms with van der Waals surface area (Å²) in [4.78, 5) is 16.4. The Balaban J connectivity index is 0.00000676. The third-order valence-corrected chi connectivity index (χ3v) is 5.04. The maximum atomic E-state index is 12.2. The fourth-order valence-corrected chi connectivity index (χ4v) is 3.50. The first-order valence-electron chi connectivity index (χ1n) is 8.75. The van der Waals surface area contributed by atoms with Crippen molar-refractivity contribution in [3.8, 4) is 0 Å². The van der Waals surface area contributed by atoms with Gasteiger partial charge in [0.25, 0.3) is 0 Å². The van der Waals surface area contributed by atoms with Crippen molar-refractivity contribution in [1.82, 2.24) is 16.0 Å². The van der Waals surface area contributed by atoms with Gasteiger partial charge in [-0.3, -0.25) is 4.79 Å². The van der Waals surface area contributed by atoms with Crippen LogP contribution in [0.4, 0.5) is 0 Å². The normalized spacial score (nSPS) is 12.1. The molecule has 154 valence electrons. The van der Waals surface area contributed by atoms with E-state index in [1.807, 2.05) is 27.7 Å². The molecule has 0 radical (unpaired) electrons. The van der Waals surface area contributed by atoms with E-state index in [9.17, 15) is 13.2 Å². The molecule has 0 fully saturated rings. The zero-order valence-electron chi connectivity index (χ0n) is 16.4. The smallest absolute Gasteiger partial charge is 0.242 e. The van der Waals surface area contributed by atoms with Crippen molar-refractivity contribution in [1.29, 1.82) is 0 Å². The van der Waals surface area contributed by atoms with E-state index in [-0.39, 0.29) is 47.7 Å². The first-order valence-corrected chi connectivity index (χ1v) is 10.4. The van der Waals surface area contributed by atoms with Gasteiger partial charge in [-0.1, -0.05) is 18.2 Å². The SMILES string of the molecule is CCNC(=NCC(=O)NC(C)(C)C)NCCCS(=O)(=O)c1ccccc1.I. The number of sulfone groups is 1. The lowest BCUT2D eigenvalue weighted by molar-refractivity contribution is -0.121. The number of benzene rings is 1. The summed E-state index contributed by atoms with van der Waals surface area (Å²) in [5, 5.41) is 8.94. The van der Waals surface area contributed by atoms with E-state index >= 15 is 0 Å². The maximum Gasteiger partial charge on any atom is 0.242 e. The predicted octanol–water partition coefficient (Wildman–Crippen LogP) is 1.94. The molecular weight excluding hydrogens is 479 g/mol. The molecule has 0 unspecified atom stereocenters. The minimum absolute atomic E-state index is 0. The second-order valence-corrected chi connectivity index (χ2v) is 9.01. The Morgan fingerprint density at radius 1 is 1.11 bits per heavy atom. The van der Waals surface area contributed by atoms with E-state index < -0.39 is 9.84 Å². The zero-order valence-corrected chi connectivity index (χ0v) is 19.6. The Morgan fingerprint density at radius 3 is 2.30 bits per heavy atom. The minimum atomic E-state index is -3.28. The summed E-state index contributed by atoms with van der Waals surface area (Å²) >= 11 is 0. The molecule has 0 aromatic heterocycles. The Kier molecular flexibility index (Phi) is 11.6. The first-order chi connectivity index (χ1) is 12.1. The average Bonchev–Trinajstić information content (AvgIpc) is 2.55. The highest BCUT2D eigenvalue weighted by Gasteiger charge is 2.14. The van der Waals surface area contributed by atoms with Crippen LogP contribution in [0.25, 0.3) is 0 Å². The van der Waals surface area contributed by atoms with E-state index in [0.29, 0.717) is 30.4 Å². The number of hydrogen-bond acceptors (Lipinski definition) is 4. The summed E-state index contributed by atoms with van der Waals surface area (Å²) in [5.41, 5.74) is -0.301. The Hall–Kier alpha value is -1.36. The molecule has 9 heteroatoms. The van der Waals surface area contributed by atoms with Crippen LogP contribution in [-0.4, -0.2) is 51.2 Å². The highest BCUT2D eigenvalue weighted by atomic mass is 127. The number of aliphatic imine (C=N–C) groups is 1. The number of rotatable bonds is 8. The van der Waals surface area contributed by atoms with Crippen LogP contribution >= 0.6 is 24.0 Å². The van der Waals surface area contributed by atoms with Gasteiger partial charge in [0, 0.05) is 18.6 Å². The number of halogens is 1. The summed E-state index contributed by atoms with van der Waals surface area (Å²) in [6.45, 7) is 8.75. The van der Waals surface area contributed by atoms with Gasteiger partial charge in [-0.05, 0) is 46.2 Å². The summed E-state index contributed by atoms with van der Waals surface area (Å²) in [7, 11) is -3.28. The molecule has 0 spiro atoms. The first kappa shape index (κ1) is 25.6. The summed E-state index contributed by atoms with van der Waals surface area (Å²) < 4.78 is 24.4. The van der Waals surface area contributed by atoms with Gasteiger partial charge < -0.3 is 16.0 Å². The largest absolute Gasteiger partial charge is 0.357 e. The van der Waals surface area contributed by atoms with Crippen LogP contribution in [0, 0.1) is 0 Å². The van der Waals surface area contributed by atoms with Crippen LogP contribution < -0.4 is 16.0 Å². The van der Waals surface area contributed by atoms with E-state index in [1.54, 1.807) is 30.3 Å². The number of guanidine groups is 1. The summed E-state index contributed by atoms with van der Waals surface area (Å²) in [6.07, 6.45) is 0.440. The Labute approximate surface area is 179 Å². The molecule has 1 amide bonds. The average molecular weight is 510 g/mol. The van der Waals surface area contributed by atoms with Crippen LogP contribution in [0.5, 0.6) is 0 Å². The van der Waals surface area contributed by atoms with Crippen LogP contribution in [0.15, 0.2) is 40.2 Å². The van der Waals surface area contributed by atoms with E-state index in [2.05, 4.69) is 20.9 Å². The second kappa shape index (κ2) is 12.2. The highest BCUT2D eigenvalue weighted by molar-refractivity contribution is 14.0. The molecule has 3 N–H and O–H groups in total. The third kappa shape index (κ3) is 11.2. The van der Waals surface area contributed by atoms with E-state index in [1.165, 1.54) is 0 Å². The Bertz CT molecular complexity index is 701. The van der Waals surface area contributed by atoms with Crippen LogP contribution in [0.1, 0.15) is 34.1 Å². The lowest BCUT2D eigenvalue weighted by Gasteiger charge is -2.20. The highest BCUT2D eigenvalue weighted by Crippen LogP contribution is 2.10. The van der Waals surface area contributed by atoms with Gasteiger partial charge in [-0.2, -0.15) is 0 Å². The standard InChI is InChI=1S/C18H30N4O3S.HI/c1-5-19-17(21-14-16(23)22-18(2,3)4)20-12-9-13-26(24,25)15-10-7-6-8-11-15;/h6-8,10-11H,5,9,12-14H2,1-4H3,(H,22,23)(H2,19,20,21);1H. The minimum Gasteiger partial charge on any atom is -0.357 e. The summed E-state index contributed by atoms with van der Waals surface area (Å²) in [6, 6.07) is 8.41. The van der Waals surface area contributed by atoms with E-state index in [0.717, 1.165) is 0 Å². The second-order valence-electron chi connectivity index (χ2n) is 6.91. The van der Waals surface area contributed by atoms with Crippen LogP contribution in [-0.2, 0) is 14.6 Å². The number of carbonyl (C=O) groups excluding carboxylic acids is 1. The molecule has 0 atom stereocenters. The third-order valence-electron chi connectivity index (χ3n) is 3.22. The van der Waals surface area contributed by atoms with Gasteiger partial charge in [0.15, 0.2) is 15.8 Å². The molecule has 0 aliphatic rings. The molecule has 0 aliphatic heterocycles. The van der Waals surface area contributed by atoms with Crippen molar-refractivity contribution in [3.63, 3.8) is 0 Å². The fourth-order valence-electron chi connectivity index (χ4n) is 2.17. The number of nitrogens with zero attached hydrogens (tertiary/aromatic N) is 1. The molecule has 27 heavy (non-hydrogen) atoms. The lowest BCUT2D eigenvalue weighted by Crippen LogP contribution is -2.43. The molecule has 1 aromatic rings. The fraction of sp³-hybridized carbons (Fsp3) is 0.556. The lowest BCUT2D eigenvalue weighted by atomic mass is 10.1. The Morgan fingerprint density at radius 2 is 1.74 bits per heavy atom. The van der Waals surface area contributed by atoms with Gasteiger partial charge >= 0.3 is 0 Å². The molecule has 0 saturated carbocycles. The molecular formula is C18H31IN4O3S. The van der Waals surface area contributed by atoms with Gasteiger partial charge in [-0.25, -0.2) is 13.4 Å². The van der Waals surface area contributed by atoms with Crippen molar-refractivity contribution in [2.24, 2.45) is 4.99 Å². The van der Waals surface area contributed by atoms with Crippen molar-refractivity contribution in [3.05, 3.63) is 30.3 Å². The van der Waals surface area contributed by atoms with E-state index in [4.69, 9.17) is 0 Å². The number of carbonyl (C=O) groups is 1. The monoisotopic (exact) mass is 510 g/mol. The molecule has 0 saturated heterocycles. The van der Waals surface area contributed by atoms with Crippen molar-refractivity contribution in [2.75, 3.05) is 25.4 Å².